The molecule has 0 atom stereocenters. The number of hydrogen-bond donors (Lipinski definition) is 3. The topological polar surface area (TPSA) is 112 Å². The highest BCUT2D eigenvalue weighted by Gasteiger charge is 2.35. The number of imidazole rings is 2. The smallest absolute Gasteiger partial charge is 0.154 e. The highest BCUT2D eigenvalue weighted by molar-refractivity contribution is 5.88. The summed E-state index contributed by atoms with van der Waals surface area (Å²) in [7, 11) is 0. The molecule has 4 aliphatic rings. The third-order valence-corrected chi connectivity index (χ3v) is 13.3. The number of rotatable bonds is 4. The van der Waals surface area contributed by atoms with Crippen molar-refractivity contribution < 1.29 is 0 Å². The normalized spacial score (nSPS) is 15.8. The number of pyridine rings is 2. The van der Waals surface area contributed by atoms with E-state index in [1.807, 2.05) is 42.7 Å². The molecule has 4 N–H and O–H groups in total. The number of hydrogen-bond acceptors (Lipinski definition) is 7. The number of benzene rings is 4. The van der Waals surface area contributed by atoms with E-state index in [0.29, 0.717) is 5.41 Å². The first kappa shape index (κ1) is 36.3. The lowest BCUT2D eigenvalue weighted by atomic mass is 9.66. The SMILES string of the molecule is Cc1nc2n(c1-c1ccc(C3(C)CCC3)cc1)-c1cccnc1Nc1ccccc1-2.Cc1nc2n(c1-c1ccc(C3(N)CCC3)cc1)-c1cccnc1Nc1ccccc1-2. The molecule has 0 spiro atoms. The van der Waals surface area contributed by atoms with Crippen LogP contribution in [0.5, 0.6) is 0 Å². The molecule has 9 heteroatoms. The molecular weight excluding hydrogens is 739 g/mol. The van der Waals surface area contributed by atoms with Gasteiger partial charge >= 0.3 is 0 Å². The Hall–Kier alpha value is -6.84. The lowest BCUT2D eigenvalue weighted by Gasteiger charge is -2.39. The fourth-order valence-corrected chi connectivity index (χ4v) is 9.57. The highest BCUT2D eigenvalue weighted by atomic mass is 15.2. The molecular formula is C51H47N9. The molecule has 6 heterocycles. The van der Waals surface area contributed by atoms with E-state index in [0.717, 1.165) is 98.3 Å². The van der Waals surface area contributed by atoms with E-state index >= 15 is 0 Å². The molecule has 2 aliphatic carbocycles. The third kappa shape index (κ3) is 5.79. The van der Waals surface area contributed by atoms with Crippen LogP contribution in [0.25, 0.3) is 56.7 Å². The number of aryl methyl sites for hydroxylation is 2. The number of nitrogens with two attached hydrogens (primary N) is 1. The van der Waals surface area contributed by atoms with Crippen molar-refractivity contribution in [2.45, 2.75) is 70.3 Å². The van der Waals surface area contributed by atoms with E-state index in [1.54, 1.807) is 0 Å². The van der Waals surface area contributed by atoms with Gasteiger partial charge in [0.15, 0.2) is 11.6 Å². The molecule has 0 bridgehead atoms. The van der Waals surface area contributed by atoms with Crippen molar-refractivity contribution >= 4 is 23.0 Å². The zero-order valence-corrected chi connectivity index (χ0v) is 34.2. The van der Waals surface area contributed by atoms with Crippen molar-refractivity contribution in [3.05, 3.63) is 156 Å². The number of para-hydroxylation sites is 2. The van der Waals surface area contributed by atoms with E-state index in [2.05, 4.69) is 142 Å². The lowest BCUT2D eigenvalue weighted by Crippen LogP contribution is -2.43. The van der Waals surface area contributed by atoms with E-state index in [4.69, 9.17) is 15.7 Å². The Balaban J connectivity index is 0.000000136. The van der Waals surface area contributed by atoms with E-state index in [1.165, 1.54) is 42.4 Å². The standard InChI is InChI=1S/C26H24N4.C25H23N5/c1-17-23(18-10-12-19(13-11-18)26(2)14-6-15-26)30-22-9-5-16-27-24(22)29-21-8-4-3-7-20(21)25(30)28-17;1-16-22(17-9-11-18(12-10-17)25(26)13-5-14-25)30-21-8-4-15-27-23(21)29-20-7-3-2-6-19(20)24(30)28-16/h3-5,7-13,16H,6,14-15H2,1-2H3,(H,27,29);2-4,6-12,15H,5,13-14,26H2,1H3,(H,27,29). The van der Waals surface area contributed by atoms with E-state index in [9.17, 15) is 0 Å². The van der Waals surface area contributed by atoms with Gasteiger partial charge in [-0.05, 0) is 111 Å². The summed E-state index contributed by atoms with van der Waals surface area (Å²) in [6.45, 7) is 6.56. The van der Waals surface area contributed by atoms with E-state index in [-0.39, 0.29) is 5.54 Å². The van der Waals surface area contributed by atoms with Gasteiger partial charge in [-0.1, -0.05) is 86.1 Å². The Labute approximate surface area is 350 Å². The van der Waals surface area contributed by atoms with Gasteiger partial charge < -0.3 is 16.4 Å². The van der Waals surface area contributed by atoms with Crippen LogP contribution in [0.3, 0.4) is 0 Å². The van der Waals surface area contributed by atoms with Gasteiger partial charge in [0, 0.05) is 40.2 Å². The van der Waals surface area contributed by atoms with Crippen LogP contribution in [0.2, 0.25) is 0 Å². The molecule has 2 aliphatic heterocycles. The maximum absolute atomic E-state index is 6.54. The molecule has 4 aromatic heterocycles. The predicted molar refractivity (Wildman–Crippen MR) is 241 cm³/mol. The molecule has 4 aromatic carbocycles. The second-order valence-electron chi connectivity index (χ2n) is 17.1. The zero-order valence-electron chi connectivity index (χ0n) is 34.2. The van der Waals surface area contributed by atoms with Gasteiger partial charge in [0.25, 0.3) is 0 Å². The average molecular weight is 786 g/mol. The second kappa shape index (κ2) is 13.9. The van der Waals surface area contributed by atoms with Crippen molar-refractivity contribution in [3.63, 3.8) is 0 Å². The van der Waals surface area contributed by atoms with Crippen LogP contribution in [-0.4, -0.2) is 29.1 Å². The monoisotopic (exact) mass is 785 g/mol. The zero-order chi connectivity index (χ0) is 40.6. The summed E-state index contributed by atoms with van der Waals surface area (Å²) in [5, 5.41) is 7.00. The summed E-state index contributed by atoms with van der Waals surface area (Å²) in [6, 6.07) is 42.6. The summed E-state index contributed by atoms with van der Waals surface area (Å²) in [5.74, 6) is 3.55. The number of fused-ring (bicyclic) bond motifs is 10. The summed E-state index contributed by atoms with van der Waals surface area (Å²) < 4.78 is 4.49. The molecule has 8 aromatic rings. The van der Waals surface area contributed by atoms with Crippen molar-refractivity contribution in [2.24, 2.45) is 5.73 Å². The van der Waals surface area contributed by atoms with Crippen molar-refractivity contribution in [1.29, 1.82) is 0 Å². The van der Waals surface area contributed by atoms with Crippen LogP contribution >= 0.6 is 0 Å². The second-order valence-corrected chi connectivity index (χ2v) is 17.1. The van der Waals surface area contributed by atoms with E-state index < -0.39 is 0 Å². The molecule has 60 heavy (non-hydrogen) atoms. The summed E-state index contributed by atoms with van der Waals surface area (Å²) in [6.07, 6.45) is 10.9. The van der Waals surface area contributed by atoms with Crippen LogP contribution in [-0.2, 0) is 11.0 Å². The Morgan fingerprint density at radius 1 is 0.533 bits per heavy atom. The lowest BCUT2D eigenvalue weighted by molar-refractivity contribution is 0.253. The largest absolute Gasteiger partial charge is 0.338 e. The molecule has 12 rings (SSSR count). The number of nitrogens with one attached hydrogen (secondary N) is 2. The molecule has 9 nitrogen and oxygen atoms in total. The van der Waals surface area contributed by atoms with Crippen molar-refractivity contribution in [3.8, 4) is 56.7 Å². The van der Waals surface area contributed by atoms with Gasteiger partial charge in [0.2, 0.25) is 0 Å². The van der Waals surface area contributed by atoms with Gasteiger partial charge in [-0.2, -0.15) is 0 Å². The third-order valence-electron chi connectivity index (χ3n) is 13.3. The maximum Gasteiger partial charge on any atom is 0.154 e. The predicted octanol–water partition coefficient (Wildman–Crippen LogP) is 11.7. The fraction of sp³-hybridized carbons (Fsp3) is 0.216. The molecule has 0 unspecified atom stereocenters. The van der Waals surface area contributed by atoms with Crippen LogP contribution in [0.15, 0.2) is 134 Å². The van der Waals surface area contributed by atoms with Crippen molar-refractivity contribution in [2.75, 3.05) is 10.6 Å². The van der Waals surface area contributed by atoms with Gasteiger partial charge in [-0.15, -0.1) is 0 Å². The molecule has 2 saturated carbocycles. The molecule has 296 valence electrons. The first-order valence-electron chi connectivity index (χ1n) is 21.1. The van der Waals surface area contributed by atoms with Gasteiger partial charge in [0.1, 0.15) is 11.6 Å². The molecule has 0 saturated heterocycles. The molecule has 2 fully saturated rings. The van der Waals surface area contributed by atoms with Crippen LogP contribution in [0.1, 0.15) is 68.0 Å². The Kier molecular flexibility index (Phi) is 8.39. The number of anilines is 4. The fourth-order valence-electron chi connectivity index (χ4n) is 9.57. The number of nitrogens with zero attached hydrogens (tertiary/aromatic N) is 6. The summed E-state index contributed by atoms with van der Waals surface area (Å²) in [4.78, 5) is 19.3. The van der Waals surface area contributed by atoms with Crippen molar-refractivity contribution in [1.82, 2.24) is 29.1 Å². The average Bonchev–Trinajstić information content (AvgIpc) is 3.69. The van der Waals surface area contributed by atoms with Crippen LogP contribution in [0, 0.1) is 13.8 Å². The Morgan fingerprint density at radius 2 is 0.983 bits per heavy atom. The van der Waals surface area contributed by atoms with Gasteiger partial charge in [-0.3, -0.25) is 9.13 Å². The summed E-state index contributed by atoms with van der Waals surface area (Å²) >= 11 is 0. The van der Waals surface area contributed by atoms with Crippen LogP contribution in [0.4, 0.5) is 23.0 Å². The van der Waals surface area contributed by atoms with Gasteiger partial charge in [0.05, 0.1) is 45.5 Å². The minimum atomic E-state index is -0.152. The first-order chi connectivity index (χ1) is 29.3. The minimum Gasteiger partial charge on any atom is -0.338 e. The highest BCUT2D eigenvalue weighted by Crippen LogP contribution is 2.46. The van der Waals surface area contributed by atoms with Crippen LogP contribution < -0.4 is 16.4 Å². The molecule has 0 amide bonds. The summed E-state index contributed by atoms with van der Waals surface area (Å²) in [5.41, 5.74) is 22.2. The van der Waals surface area contributed by atoms with Gasteiger partial charge in [-0.25, -0.2) is 19.9 Å². The first-order valence-corrected chi connectivity index (χ1v) is 21.1. The Bertz CT molecular complexity index is 2730. The molecule has 0 radical (unpaired) electrons. The minimum absolute atomic E-state index is 0.152. The number of aromatic nitrogens is 6. The maximum atomic E-state index is 6.54. The quantitative estimate of drug-likeness (QED) is 0.163. The Morgan fingerprint density at radius 3 is 1.42 bits per heavy atom.